The second kappa shape index (κ2) is 12.8. The van der Waals surface area contributed by atoms with Crippen LogP contribution in [0.1, 0.15) is 27.7 Å². The molecule has 5 unspecified atom stereocenters. The summed E-state index contributed by atoms with van der Waals surface area (Å²) in [5.74, 6) is -1.42. The van der Waals surface area contributed by atoms with Crippen LogP contribution in [-0.4, -0.2) is 76.6 Å². The van der Waals surface area contributed by atoms with E-state index in [-0.39, 0.29) is 6.61 Å². The molecule has 0 radical (unpaired) electrons. The molecule has 1 fully saturated rings. The van der Waals surface area contributed by atoms with Crippen molar-refractivity contribution in [3.63, 3.8) is 0 Å². The molecule has 0 spiro atoms. The van der Waals surface area contributed by atoms with Gasteiger partial charge in [-0.15, -0.1) is 11.8 Å². The zero-order valence-corrected chi connectivity index (χ0v) is 20.3. The van der Waals surface area contributed by atoms with E-state index in [2.05, 4.69) is 5.32 Å². The predicted octanol–water partition coefficient (Wildman–Crippen LogP) is 2.36. The molecule has 1 saturated heterocycles. The van der Waals surface area contributed by atoms with E-state index in [1.165, 1.54) is 18.7 Å². The summed E-state index contributed by atoms with van der Waals surface area (Å²) in [4.78, 5) is 47.0. The minimum Gasteiger partial charge on any atom is -0.463 e. The lowest BCUT2D eigenvalue weighted by Crippen LogP contribution is -2.65. The van der Waals surface area contributed by atoms with Crippen LogP contribution in [0.2, 0.25) is 0 Å². The van der Waals surface area contributed by atoms with E-state index in [1.807, 2.05) is 6.92 Å². The Balaban J connectivity index is 3.20. The number of carbonyl (C=O) groups excluding carboxylic acids is 4. The van der Waals surface area contributed by atoms with Gasteiger partial charge in [-0.05, 0) is 5.75 Å². The highest BCUT2D eigenvalue weighted by atomic mass is 35.6. The van der Waals surface area contributed by atoms with Gasteiger partial charge in [-0.2, -0.15) is 0 Å². The van der Waals surface area contributed by atoms with E-state index >= 15 is 0 Å². The van der Waals surface area contributed by atoms with Gasteiger partial charge in [0.1, 0.15) is 30.8 Å². The maximum absolute atomic E-state index is 12.3. The van der Waals surface area contributed by atoms with E-state index in [4.69, 9.17) is 58.5 Å². The highest BCUT2D eigenvalue weighted by Crippen LogP contribution is 2.32. The molecule has 31 heavy (non-hydrogen) atoms. The summed E-state index contributed by atoms with van der Waals surface area (Å²) < 4.78 is 24.7. The van der Waals surface area contributed by atoms with Gasteiger partial charge in [0.15, 0.2) is 12.2 Å². The van der Waals surface area contributed by atoms with E-state index in [0.29, 0.717) is 5.75 Å². The third-order valence-corrected chi connectivity index (χ3v) is 5.08. The van der Waals surface area contributed by atoms with Crippen molar-refractivity contribution in [2.45, 2.75) is 61.3 Å². The Hall–Kier alpha value is -1.14. The molecule has 1 N–H and O–H groups in total. The number of carbonyl (C=O) groups is 4. The topological polar surface area (TPSA) is 126 Å². The number of ether oxygens (including phenoxy) is 5. The standard InChI is InChI=1S/C17H24Cl3NO9S/c1-5-31-15-12(21-16(25)27-7-17(18,19)20)14(29-10(4)24)13(28-9(3)23)11(30-15)6-26-8(2)22/h11-15H,5-7H2,1-4H3,(H,21,25). The number of rotatable bonds is 8. The summed E-state index contributed by atoms with van der Waals surface area (Å²) >= 11 is 18.0. The minimum atomic E-state index is -1.83. The molecule has 1 rings (SSSR count). The molecule has 0 aromatic heterocycles. The highest BCUT2D eigenvalue weighted by Gasteiger charge is 2.51. The van der Waals surface area contributed by atoms with Crippen molar-refractivity contribution >= 4 is 70.6 Å². The smallest absolute Gasteiger partial charge is 0.407 e. The van der Waals surface area contributed by atoms with Crippen LogP contribution >= 0.6 is 46.6 Å². The molecule has 0 aliphatic carbocycles. The van der Waals surface area contributed by atoms with Crippen LogP contribution in [0.15, 0.2) is 0 Å². The van der Waals surface area contributed by atoms with Crippen LogP contribution in [-0.2, 0) is 38.1 Å². The largest absolute Gasteiger partial charge is 0.463 e. The summed E-state index contributed by atoms with van der Waals surface area (Å²) in [5.41, 5.74) is -0.776. The Kier molecular flexibility index (Phi) is 11.5. The van der Waals surface area contributed by atoms with Gasteiger partial charge in [0.05, 0.1) is 0 Å². The van der Waals surface area contributed by atoms with Crippen molar-refractivity contribution in [1.29, 1.82) is 0 Å². The Morgan fingerprint density at radius 2 is 1.55 bits per heavy atom. The van der Waals surface area contributed by atoms with Gasteiger partial charge in [0.25, 0.3) is 0 Å². The molecule has 0 aromatic carbocycles. The van der Waals surface area contributed by atoms with Crippen molar-refractivity contribution < 1.29 is 42.9 Å². The number of alkyl halides is 3. The Morgan fingerprint density at radius 1 is 0.968 bits per heavy atom. The summed E-state index contributed by atoms with van der Waals surface area (Å²) in [6.45, 7) is 4.54. The van der Waals surface area contributed by atoms with Crippen LogP contribution < -0.4 is 5.32 Å². The van der Waals surface area contributed by atoms with Crippen LogP contribution in [0.3, 0.4) is 0 Å². The van der Waals surface area contributed by atoms with Gasteiger partial charge < -0.3 is 29.0 Å². The number of hydrogen-bond acceptors (Lipinski definition) is 10. The van der Waals surface area contributed by atoms with Crippen LogP contribution in [0, 0.1) is 0 Å². The SMILES string of the molecule is CCSC1OC(COC(C)=O)C(OC(C)=O)C(OC(C)=O)C1NC(=O)OCC(Cl)(Cl)Cl. The molecule has 1 aliphatic heterocycles. The van der Waals surface area contributed by atoms with E-state index in [1.54, 1.807) is 0 Å². The lowest BCUT2D eigenvalue weighted by atomic mass is 9.97. The molecule has 5 atom stereocenters. The van der Waals surface area contributed by atoms with Gasteiger partial charge in [0, 0.05) is 20.8 Å². The van der Waals surface area contributed by atoms with Crippen LogP contribution in [0.5, 0.6) is 0 Å². The third kappa shape index (κ3) is 10.3. The van der Waals surface area contributed by atoms with E-state index < -0.39 is 64.2 Å². The molecule has 14 heteroatoms. The number of alkyl carbamates (subject to hydrolysis) is 1. The first kappa shape index (κ1) is 27.9. The summed E-state index contributed by atoms with van der Waals surface area (Å²) in [6, 6.07) is -1.00. The van der Waals surface area contributed by atoms with Crippen molar-refractivity contribution in [1.82, 2.24) is 5.32 Å². The number of thioether (sulfide) groups is 1. The first-order valence-electron chi connectivity index (χ1n) is 9.09. The number of hydrogen-bond donors (Lipinski definition) is 1. The maximum Gasteiger partial charge on any atom is 0.407 e. The summed E-state index contributed by atoms with van der Waals surface area (Å²) in [5, 5.41) is 2.51. The first-order valence-corrected chi connectivity index (χ1v) is 11.3. The number of nitrogens with one attached hydrogen (secondary N) is 1. The molecule has 0 bridgehead atoms. The minimum absolute atomic E-state index is 0.268. The molecule has 1 amide bonds. The molecule has 178 valence electrons. The van der Waals surface area contributed by atoms with Gasteiger partial charge in [-0.25, -0.2) is 4.79 Å². The van der Waals surface area contributed by atoms with Gasteiger partial charge >= 0.3 is 24.0 Å². The maximum atomic E-state index is 12.3. The Morgan fingerprint density at radius 3 is 2.03 bits per heavy atom. The molecule has 1 heterocycles. The van der Waals surface area contributed by atoms with Crippen LogP contribution in [0.4, 0.5) is 4.79 Å². The number of amides is 1. The number of esters is 3. The van der Waals surface area contributed by atoms with Crippen molar-refractivity contribution in [3.8, 4) is 0 Å². The van der Waals surface area contributed by atoms with E-state index in [0.717, 1.165) is 13.8 Å². The number of halogens is 3. The quantitative estimate of drug-likeness (QED) is 0.287. The van der Waals surface area contributed by atoms with E-state index in [9.17, 15) is 19.2 Å². The van der Waals surface area contributed by atoms with Crippen molar-refractivity contribution in [2.24, 2.45) is 0 Å². The fraction of sp³-hybridized carbons (Fsp3) is 0.765. The fourth-order valence-electron chi connectivity index (χ4n) is 2.69. The summed E-state index contributed by atoms with van der Waals surface area (Å²) in [7, 11) is 0. The van der Waals surface area contributed by atoms with Gasteiger partial charge in [-0.1, -0.05) is 41.7 Å². The monoisotopic (exact) mass is 523 g/mol. The lowest BCUT2D eigenvalue weighted by molar-refractivity contribution is -0.211. The Bertz CT molecular complexity index is 661. The Labute approximate surface area is 198 Å². The van der Waals surface area contributed by atoms with Crippen molar-refractivity contribution in [3.05, 3.63) is 0 Å². The van der Waals surface area contributed by atoms with Crippen molar-refractivity contribution in [2.75, 3.05) is 19.0 Å². The lowest BCUT2D eigenvalue weighted by Gasteiger charge is -2.44. The molecule has 10 nitrogen and oxygen atoms in total. The first-order chi connectivity index (χ1) is 14.3. The molecular formula is C17H24Cl3NO9S. The highest BCUT2D eigenvalue weighted by molar-refractivity contribution is 7.99. The average Bonchev–Trinajstić information content (AvgIpc) is 2.62. The second-order valence-corrected chi connectivity index (χ2v) is 10.2. The zero-order chi connectivity index (χ0) is 23.8. The van der Waals surface area contributed by atoms with Gasteiger partial charge in [-0.3, -0.25) is 14.4 Å². The molecule has 1 aliphatic rings. The fourth-order valence-corrected chi connectivity index (χ4v) is 3.83. The third-order valence-electron chi connectivity index (χ3n) is 3.68. The molecule has 0 saturated carbocycles. The zero-order valence-electron chi connectivity index (χ0n) is 17.2. The van der Waals surface area contributed by atoms with Crippen LogP contribution in [0.25, 0.3) is 0 Å². The predicted molar refractivity (Wildman–Crippen MR) is 113 cm³/mol. The normalized spacial score (nSPS) is 25.8. The second-order valence-electron chi connectivity index (χ2n) is 6.31. The summed E-state index contributed by atoms with van der Waals surface area (Å²) in [6.07, 6.45) is -4.30. The van der Waals surface area contributed by atoms with Gasteiger partial charge in [0.2, 0.25) is 3.79 Å². The molecular weight excluding hydrogens is 501 g/mol. The average molecular weight is 525 g/mol. The molecule has 0 aromatic rings.